The molecule has 1 aliphatic rings. The molecule has 2 rings (SSSR count). The van der Waals surface area contributed by atoms with Gasteiger partial charge in [-0.15, -0.1) is 0 Å². The highest BCUT2D eigenvalue weighted by atomic mass is 19.4. The number of hydrogen-bond donors (Lipinski definition) is 1. The van der Waals surface area contributed by atoms with Crippen molar-refractivity contribution >= 4 is 0 Å². The van der Waals surface area contributed by atoms with Crippen LogP contribution in [0.25, 0.3) is 0 Å². The van der Waals surface area contributed by atoms with E-state index in [4.69, 9.17) is 0 Å². The largest absolute Gasteiger partial charge is 0.389 e. The van der Waals surface area contributed by atoms with Crippen molar-refractivity contribution in [2.24, 2.45) is 0 Å². The van der Waals surface area contributed by atoms with E-state index in [-0.39, 0.29) is 12.5 Å². The molecule has 1 unspecified atom stereocenters. The van der Waals surface area contributed by atoms with Crippen molar-refractivity contribution in [3.05, 3.63) is 34.9 Å². The fourth-order valence-corrected chi connectivity index (χ4v) is 2.79. The molecule has 0 bridgehead atoms. The summed E-state index contributed by atoms with van der Waals surface area (Å²) in [7, 11) is 1.81. The van der Waals surface area contributed by atoms with Crippen LogP contribution in [0.4, 0.5) is 13.2 Å². The van der Waals surface area contributed by atoms with Crippen molar-refractivity contribution in [3.8, 4) is 0 Å². The van der Waals surface area contributed by atoms with E-state index in [1.54, 1.807) is 0 Å². The molecule has 0 aromatic heterocycles. The number of aryl methyl sites for hydroxylation is 2. The molecular weight excluding hydrogens is 251 g/mol. The Kier molecular flexibility index (Phi) is 4.50. The predicted molar refractivity (Wildman–Crippen MR) is 70.2 cm³/mol. The summed E-state index contributed by atoms with van der Waals surface area (Å²) in [5.41, 5.74) is 3.88. The molecule has 1 nitrogen and oxygen atoms in total. The molecule has 0 radical (unpaired) electrons. The third kappa shape index (κ3) is 3.96. The van der Waals surface area contributed by atoms with Crippen molar-refractivity contribution in [2.45, 2.75) is 50.7 Å². The van der Waals surface area contributed by atoms with Crippen molar-refractivity contribution < 1.29 is 13.2 Å². The average molecular weight is 271 g/mol. The van der Waals surface area contributed by atoms with Gasteiger partial charge in [0.25, 0.3) is 0 Å². The quantitative estimate of drug-likeness (QED) is 0.847. The van der Waals surface area contributed by atoms with Crippen molar-refractivity contribution in [1.29, 1.82) is 0 Å². The van der Waals surface area contributed by atoms with Gasteiger partial charge in [-0.1, -0.05) is 18.2 Å². The van der Waals surface area contributed by atoms with Gasteiger partial charge in [0.2, 0.25) is 0 Å². The third-order valence-electron chi connectivity index (χ3n) is 3.83. The van der Waals surface area contributed by atoms with Gasteiger partial charge in [0.15, 0.2) is 0 Å². The van der Waals surface area contributed by atoms with E-state index < -0.39 is 12.6 Å². The first-order valence-electron chi connectivity index (χ1n) is 6.85. The van der Waals surface area contributed by atoms with E-state index in [0.29, 0.717) is 6.42 Å². The molecule has 19 heavy (non-hydrogen) atoms. The van der Waals surface area contributed by atoms with Crippen molar-refractivity contribution in [3.63, 3.8) is 0 Å². The van der Waals surface area contributed by atoms with Crippen LogP contribution in [-0.4, -0.2) is 13.2 Å². The summed E-state index contributed by atoms with van der Waals surface area (Å²) in [6.07, 6.45) is -0.625. The molecule has 1 atom stereocenters. The summed E-state index contributed by atoms with van der Waals surface area (Å²) in [6.45, 7) is 0. The van der Waals surface area contributed by atoms with E-state index >= 15 is 0 Å². The molecule has 0 saturated heterocycles. The summed E-state index contributed by atoms with van der Waals surface area (Å²) in [5, 5.41) is 3.13. The number of hydrogen-bond acceptors (Lipinski definition) is 1. The Morgan fingerprint density at radius 1 is 1.21 bits per heavy atom. The predicted octanol–water partition coefficient (Wildman–Crippen LogP) is 4.17. The summed E-state index contributed by atoms with van der Waals surface area (Å²) >= 11 is 0. The van der Waals surface area contributed by atoms with Crippen LogP contribution in [0.1, 0.15) is 48.4 Å². The second-order valence-corrected chi connectivity index (χ2v) is 5.23. The number of rotatable bonds is 5. The molecule has 1 aromatic rings. The van der Waals surface area contributed by atoms with Gasteiger partial charge >= 0.3 is 6.18 Å². The highest BCUT2D eigenvalue weighted by molar-refractivity contribution is 5.36. The van der Waals surface area contributed by atoms with Crippen LogP contribution >= 0.6 is 0 Å². The summed E-state index contributed by atoms with van der Waals surface area (Å²) in [6, 6.07) is 6.37. The molecule has 0 heterocycles. The van der Waals surface area contributed by atoms with Gasteiger partial charge in [-0.3, -0.25) is 0 Å². The molecule has 0 aliphatic heterocycles. The van der Waals surface area contributed by atoms with Gasteiger partial charge in [-0.25, -0.2) is 0 Å². The molecule has 0 spiro atoms. The van der Waals surface area contributed by atoms with Crippen LogP contribution in [-0.2, 0) is 12.8 Å². The van der Waals surface area contributed by atoms with Crippen molar-refractivity contribution in [1.82, 2.24) is 5.32 Å². The van der Waals surface area contributed by atoms with Gasteiger partial charge in [0.05, 0.1) is 0 Å². The first-order valence-corrected chi connectivity index (χ1v) is 6.85. The first-order chi connectivity index (χ1) is 8.99. The van der Waals surface area contributed by atoms with Gasteiger partial charge < -0.3 is 5.32 Å². The van der Waals surface area contributed by atoms with Gasteiger partial charge in [-0.05, 0) is 55.8 Å². The van der Waals surface area contributed by atoms with Crippen LogP contribution in [0.3, 0.4) is 0 Å². The number of nitrogens with one attached hydrogen (secondary N) is 1. The molecule has 106 valence electrons. The van der Waals surface area contributed by atoms with Gasteiger partial charge in [0, 0.05) is 12.5 Å². The second-order valence-electron chi connectivity index (χ2n) is 5.23. The number of alkyl halides is 3. The molecule has 1 N–H and O–H groups in total. The topological polar surface area (TPSA) is 12.0 Å². The fourth-order valence-electron chi connectivity index (χ4n) is 2.79. The minimum Gasteiger partial charge on any atom is -0.313 e. The highest BCUT2D eigenvalue weighted by Gasteiger charge is 2.26. The minimum absolute atomic E-state index is 0.0215. The normalized spacial score (nSPS) is 16.4. The maximum Gasteiger partial charge on any atom is 0.389 e. The Bertz CT molecular complexity index is 426. The van der Waals surface area contributed by atoms with Crippen LogP contribution in [0.15, 0.2) is 18.2 Å². The zero-order chi connectivity index (χ0) is 13.9. The SMILES string of the molecule is CNC(CCCC(F)(F)F)c1ccc2c(c1)CCC2. The number of halogens is 3. The Balaban J connectivity index is 1.97. The highest BCUT2D eigenvalue weighted by Crippen LogP contribution is 2.29. The lowest BCUT2D eigenvalue weighted by molar-refractivity contribution is -0.135. The lowest BCUT2D eigenvalue weighted by atomic mass is 9.97. The summed E-state index contributed by atoms with van der Waals surface area (Å²) in [4.78, 5) is 0. The first kappa shape index (κ1) is 14.4. The lowest BCUT2D eigenvalue weighted by Crippen LogP contribution is -2.17. The van der Waals surface area contributed by atoms with E-state index in [1.165, 1.54) is 17.5 Å². The molecule has 0 fully saturated rings. The lowest BCUT2D eigenvalue weighted by Gasteiger charge is -2.18. The molecule has 0 saturated carbocycles. The molecule has 1 aliphatic carbocycles. The zero-order valence-electron chi connectivity index (χ0n) is 11.2. The number of benzene rings is 1. The van der Waals surface area contributed by atoms with E-state index in [0.717, 1.165) is 18.4 Å². The molecular formula is C15H20F3N. The fraction of sp³-hybridized carbons (Fsp3) is 0.600. The Morgan fingerprint density at radius 2 is 1.95 bits per heavy atom. The zero-order valence-corrected chi connectivity index (χ0v) is 11.2. The van der Waals surface area contributed by atoms with E-state index in [9.17, 15) is 13.2 Å². The summed E-state index contributed by atoms with van der Waals surface area (Å²) in [5.74, 6) is 0. The van der Waals surface area contributed by atoms with Crippen molar-refractivity contribution in [2.75, 3.05) is 7.05 Å². The molecule has 0 amide bonds. The van der Waals surface area contributed by atoms with Crippen LogP contribution in [0.5, 0.6) is 0 Å². The standard InChI is InChI=1S/C15H20F3N/c1-19-14(6-3-9-15(16,17)18)13-8-7-11-4-2-5-12(11)10-13/h7-8,10,14,19H,2-6,9H2,1H3. The Labute approximate surface area is 112 Å². The average Bonchev–Trinajstić information content (AvgIpc) is 2.80. The van der Waals surface area contributed by atoms with E-state index in [2.05, 4.69) is 23.5 Å². The monoisotopic (exact) mass is 271 g/mol. The second kappa shape index (κ2) is 5.95. The van der Waals surface area contributed by atoms with Crippen LogP contribution < -0.4 is 5.32 Å². The smallest absolute Gasteiger partial charge is 0.313 e. The third-order valence-corrected chi connectivity index (χ3v) is 3.83. The van der Waals surface area contributed by atoms with Crippen LogP contribution in [0, 0.1) is 0 Å². The summed E-state index contributed by atoms with van der Waals surface area (Å²) < 4.78 is 36.5. The molecule has 1 aromatic carbocycles. The minimum atomic E-state index is -4.05. The molecule has 4 heteroatoms. The Morgan fingerprint density at radius 3 is 2.63 bits per heavy atom. The maximum atomic E-state index is 12.2. The van der Waals surface area contributed by atoms with Gasteiger partial charge in [-0.2, -0.15) is 13.2 Å². The van der Waals surface area contributed by atoms with Gasteiger partial charge in [0.1, 0.15) is 0 Å². The van der Waals surface area contributed by atoms with Crippen LogP contribution in [0.2, 0.25) is 0 Å². The number of fused-ring (bicyclic) bond motifs is 1. The maximum absolute atomic E-state index is 12.2. The van der Waals surface area contributed by atoms with E-state index in [1.807, 2.05) is 7.05 Å². The Hall–Kier alpha value is -1.03.